The number of hydrogen-bond acceptors (Lipinski definition) is 2. The van der Waals surface area contributed by atoms with Gasteiger partial charge in [-0.15, -0.1) is 24.8 Å². The first-order valence-electron chi connectivity index (χ1n) is 5.33. The number of hydrogen-bond donors (Lipinski definition) is 2. The first kappa shape index (κ1) is 16.9. The smallest absolute Gasteiger partial charge is 0.0193 e. The minimum Gasteiger partial charge on any atom is -0.311 e. The molecular weight excluding hydrogens is 219 g/mol. The van der Waals surface area contributed by atoms with E-state index in [9.17, 15) is 0 Å². The molecule has 2 nitrogen and oxygen atoms in total. The molecule has 88 valence electrons. The zero-order valence-corrected chi connectivity index (χ0v) is 10.8. The van der Waals surface area contributed by atoms with E-state index in [1.807, 2.05) is 0 Å². The number of nitrogens with one attached hydrogen (secondary N) is 2. The van der Waals surface area contributed by atoms with Crippen LogP contribution >= 0.6 is 24.8 Å². The molecule has 0 aromatic carbocycles. The maximum absolute atomic E-state index is 3.59. The van der Waals surface area contributed by atoms with Crippen LogP contribution in [-0.2, 0) is 0 Å². The molecule has 2 unspecified atom stereocenters. The molecular formula is C10H24Cl2N2. The van der Waals surface area contributed by atoms with Crippen LogP contribution in [0.25, 0.3) is 0 Å². The van der Waals surface area contributed by atoms with E-state index in [-0.39, 0.29) is 24.8 Å². The summed E-state index contributed by atoms with van der Waals surface area (Å²) in [7, 11) is 0. The highest BCUT2D eigenvalue weighted by Gasteiger charge is 2.17. The fourth-order valence-electron chi connectivity index (χ4n) is 1.87. The minimum atomic E-state index is 0. The predicted molar refractivity (Wildman–Crippen MR) is 67.9 cm³/mol. The van der Waals surface area contributed by atoms with Crippen molar-refractivity contribution in [1.29, 1.82) is 0 Å². The van der Waals surface area contributed by atoms with Crippen molar-refractivity contribution in [3.05, 3.63) is 0 Å². The summed E-state index contributed by atoms with van der Waals surface area (Å²) in [5.41, 5.74) is 0. The summed E-state index contributed by atoms with van der Waals surface area (Å²) in [5, 5.41) is 7.18. The maximum Gasteiger partial charge on any atom is 0.0193 e. The monoisotopic (exact) mass is 242 g/mol. The third kappa shape index (κ3) is 6.07. The lowest BCUT2D eigenvalue weighted by molar-refractivity contribution is 0.320. The Morgan fingerprint density at radius 3 is 1.43 bits per heavy atom. The van der Waals surface area contributed by atoms with Crippen LogP contribution in [0.5, 0.6) is 0 Å². The van der Waals surface area contributed by atoms with Crippen LogP contribution in [0.3, 0.4) is 0 Å². The van der Waals surface area contributed by atoms with Gasteiger partial charge < -0.3 is 10.6 Å². The van der Waals surface area contributed by atoms with Gasteiger partial charge in [-0.1, -0.05) is 26.7 Å². The van der Waals surface area contributed by atoms with Crippen molar-refractivity contribution in [2.24, 2.45) is 0 Å². The van der Waals surface area contributed by atoms with E-state index in [0.717, 1.165) is 12.1 Å². The summed E-state index contributed by atoms with van der Waals surface area (Å²) in [6.07, 6.45) is 5.20. The third-order valence-electron chi connectivity index (χ3n) is 2.58. The second-order valence-corrected chi connectivity index (χ2v) is 3.79. The Morgan fingerprint density at radius 2 is 1.21 bits per heavy atom. The molecule has 1 fully saturated rings. The summed E-state index contributed by atoms with van der Waals surface area (Å²) in [6, 6.07) is 1.45. The van der Waals surface area contributed by atoms with Crippen LogP contribution in [0.4, 0.5) is 0 Å². The Balaban J connectivity index is 0. The molecule has 0 spiro atoms. The van der Waals surface area contributed by atoms with E-state index >= 15 is 0 Å². The highest BCUT2D eigenvalue weighted by molar-refractivity contribution is 5.85. The molecule has 0 radical (unpaired) electrons. The Labute approximate surface area is 100 Å². The van der Waals surface area contributed by atoms with Gasteiger partial charge in [0.25, 0.3) is 0 Å². The molecule has 4 heteroatoms. The van der Waals surface area contributed by atoms with E-state index < -0.39 is 0 Å². The number of halogens is 2. The Kier molecular flexibility index (Phi) is 12.1. The molecule has 0 aromatic rings. The molecule has 1 aliphatic rings. The van der Waals surface area contributed by atoms with Crippen LogP contribution in [0, 0.1) is 0 Å². The number of piperazine rings is 1. The third-order valence-corrected chi connectivity index (χ3v) is 2.58. The summed E-state index contributed by atoms with van der Waals surface area (Å²) in [5.74, 6) is 0. The van der Waals surface area contributed by atoms with Crippen molar-refractivity contribution in [3.8, 4) is 0 Å². The maximum atomic E-state index is 3.59. The van der Waals surface area contributed by atoms with E-state index in [1.54, 1.807) is 0 Å². The zero-order valence-electron chi connectivity index (χ0n) is 9.21. The Bertz CT molecular complexity index is 101. The molecule has 1 rings (SSSR count). The van der Waals surface area contributed by atoms with Crippen LogP contribution < -0.4 is 10.6 Å². The van der Waals surface area contributed by atoms with Gasteiger partial charge >= 0.3 is 0 Å². The Morgan fingerprint density at radius 1 is 0.857 bits per heavy atom. The van der Waals surface area contributed by atoms with Crippen molar-refractivity contribution in [2.75, 3.05) is 13.1 Å². The molecule has 0 amide bonds. The van der Waals surface area contributed by atoms with Crippen molar-refractivity contribution < 1.29 is 0 Å². The molecule has 2 N–H and O–H groups in total. The minimum absolute atomic E-state index is 0. The quantitative estimate of drug-likeness (QED) is 0.792. The van der Waals surface area contributed by atoms with Gasteiger partial charge in [-0.25, -0.2) is 0 Å². The molecule has 2 atom stereocenters. The van der Waals surface area contributed by atoms with Gasteiger partial charge in [0.2, 0.25) is 0 Å². The highest BCUT2D eigenvalue weighted by Crippen LogP contribution is 2.04. The van der Waals surface area contributed by atoms with Gasteiger partial charge in [-0.3, -0.25) is 0 Å². The van der Waals surface area contributed by atoms with E-state index in [1.165, 1.54) is 38.8 Å². The Hall–Kier alpha value is 0.500. The number of rotatable bonds is 4. The van der Waals surface area contributed by atoms with Crippen LogP contribution in [0.2, 0.25) is 0 Å². The average molecular weight is 243 g/mol. The van der Waals surface area contributed by atoms with Crippen molar-refractivity contribution in [2.45, 2.75) is 51.6 Å². The van der Waals surface area contributed by atoms with Crippen molar-refractivity contribution >= 4 is 24.8 Å². The summed E-state index contributed by atoms with van der Waals surface area (Å²) in [6.45, 7) is 6.83. The average Bonchev–Trinajstić information content (AvgIpc) is 2.09. The van der Waals surface area contributed by atoms with Crippen LogP contribution in [0.1, 0.15) is 39.5 Å². The van der Waals surface area contributed by atoms with Gasteiger partial charge in [-0.2, -0.15) is 0 Å². The first-order chi connectivity index (χ1) is 5.86. The molecule has 0 saturated carbocycles. The zero-order chi connectivity index (χ0) is 8.81. The van der Waals surface area contributed by atoms with Gasteiger partial charge in [-0.05, 0) is 12.8 Å². The largest absolute Gasteiger partial charge is 0.311 e. The van der Waals surface area contributed by atoms with Gasteiger partial charge in [0.1, 0.15) is 0 Å². The standard InChI is InChI=1S/C10H22N2.2ClH/c1-3-5-9-7-12-10(6-4-2)8-11-9;;/h9-12H,3-8H2,1-2H3;2*1H. The molecule has 1 heterocycles. The van der Waals surface area contributed by atoms with Crippen molar-refractivity contribution in [3.63, 3.8) is 0 Å². The molecule has 0 aromatic heterocycles. The summed E-state index contributed by atoms with van der Waals surface area (Å²) >= 11 is 0. The summed E-state index contributed by atoms with van der Waals surface area (Å²) in [4.78, 5) is 0. The molecule has 1 aliphatic heterocycles. The normalized spacial score (nSPS) is 26.1. The highest BCUT2D eigenvalue weighted by atomic mass is 35.5. The van der Waals surface area contributed by atoms with Gasteiger partial charge in [0.15, 0.2) is 0 Å². The molecule has 14 heavy (non-hydrogen) atoms. The van der Waals surface area contributed by atoms with Crippen LogP contribution in [-0.4, -0.2) is 25.2 Å². The summed E-state index contributed by atoms with van der Waals surface area (Å²) < 4.78 is 0. The van der Waals surface area contributed by atoms with Gasteiger partial charge in [0.05, 0.1) is 0 Å². The molecule has 0 bridgehead atoms. The lowest BCUT2D eigenvalue weighted by Gasteiger charge is -2.30. The second-order valence-electron chi connectivity index (χ2n) is 3.79. The van der Waals surface area contributed by atoms with Gasteiger partial charge in [0, 0.05) is 25.2 Å². The SMILES string of the molecule is CCCC1CNC(CCC)CN1.Cl.Cl. The first-order valence-corrected chi connectivity index (χ1v) is 5.33. The lowest BCUT2D eigenvalue weighted by Crippen LogP contribution is -2.54. The van der Waals surface area contributed by atoms with E-state index in [2.05, 4.69) is 24.5 Å². The second kappa shape index (κ2) is 10.0. The fourth-order valence-corrected chi connectivity index (χ4v) is 1.87. The fraction of sp³-hybridized carbons (Fsp3) is 1.00. The van der Waals surface area contributed by atoms with Crippen molar-refractivity contribution in [1.82, 2.24) is 10.6 Å². The van der Waals surface area contributed by atoms with E-state index in [4.69, 9.17) is 0 Å². The topological polar surface area (TPSA) is 24.1 Å². The van der Waals surface area contributed by atoms with Crippen LogP contribution in [0.15, 0.2) is 0 Å². The predicted octanol–water partition coefficient (Wildman–Crippen LogP) is 2.36. The lowest BCUT2D eigenvalue weighted by atomic mass is 10.1. The molecule has 1 saturated heterocycles. The molecule has 0 aliphatic carbocycles. The van der Waals surface area contributed by atoms with E-state index in [0.29, 0.717) is 0 Å².